The van der Waals surface area contributed by atoms with Crippen LogP contribution >= 0.6 is 24.0 Å². The molecule has 184 valence electrons. The number of methoxy groups -OCH3 is 2. The van der Waals surface area contributed by atoms with Crippen molar-refractivity contribution in [2.45, 2.75) is 26.3 Å². The molecule has 1 atom stereocenters. The van der Waals surface area contributed by atoms with Gasteiger partial charge in [-0.1, -0.05) is 19.9 Å². The number of nitrogens with zero attached hydrogens (tertiary/aromatic N) is 2. The second-order valence-corrected chi connectivity index (χ2v) is 7.98. The number of rotatable bonds is 12. The van der Waals surface area contributed by atoms with E-state index >= 15 is 0 Å². The Bertz CT molecular complexity index is 669. The van der Waals surface area contributed by atoms with Crippen molar-refractivity contribution < 1.29 is 18.9 Å². The Hall–Kier alpha value is -1.30. The Balaban J connectivity index is 0.00000512. The molecule has 1 aliphatic heterocycles. The zero-order valence-electron chi connectivity index (χ0n) is 20.2. The molecule has 32 heavy (non-hydrogen) atoms. The van der Waals surface area contributed by atoms with Gasteiger partial charge in [0, 0.05) is 46.4 Å². The molecule has 0 amide bonds. The first kappa shape index (κ1) is 28.7. The lowest BCUT2D eigenvalue weighted by Crippen LogP contribution is -2.46. The summed E-state index contributed by atoms with van der Waals surface area (Å²) in [6, 6.07) is 6.29. The second-order valence-electron chi connectivity index (χ2n) is 7.98. The molecule has 1 aliphatic rings. The number of nitrogens with one attached hydrogen (secondary N) is 2. The molecule has 2 N–H and O–H groups in total. The predicted octanol–water partition coefficient (Wildman–Crippen LogP) is 2.92. The fourth-order valence-electron chi connectivity index (χ4n) is 3.52. The Morgan fingerprint density at radius 3 is 2.47 bits per heavy atom. The van der Waals surface area contributed by atoms with E-state index in [-0.39, 0.29) is 30.0 Å². The van der Waals surface area contributed by atoms with Gasteiger partial charge in [0.2, 0.25) is 0 Å². The van der Waals surface area contributed by atoms with Gasteiger partial charge in [0.05, 0.1) is 33.5 Å². The number of ether oxygens (including phenoxy) is 4. The third-order valence-electron chi connectivity index (χ3n) is 5.17. The minimum Gasteiger partial charge on any atom is -0.493 e. The van der Waals surface area contributed by atoms with Crippen LogP contribution in [0.1, 0.15) is 31.9 Å². The van der Waals surface area contributed by atoms with Gasteiger partial charge < -0.3 is 29.6 Å². The van der Waals surface area contributed by atoms with Gasteiger partial charge >= 0.3 is 0 Å². The largest absolute Gasteiger partial charge is 0.493 e. The summed E-state index contributed by atoms with van der Waals surface area (Å²) in [6.45, 7) is 10.7. The lowest BCUT2D eigenvalue weighted by Gasteiger charge is -2.35. The Morgan fingerprint density at radius 1 is 1.12 bits per heavy atom. The highest BCUT2D eigenvalue weighted by Gasteiger charge is 2.24. The van der Waals surface area contributed by atoms with E-state index in [1.54, 1.807) is 21.3 Å². The predicted molar refractivity (Wildman–Crippen MR) is 140 cm³/mol. The maximum atomic E-state index is 5.65. The number of morpholine rings is 1. The second kappa shape index (κ2) is 16.3. The Morgan fingerprint density at radius 2 is 1.84 bits per heavy atom. The minimum absolute atomic E-state index is 0. The molecule has 0 bridgehead atoms. The highest BCUT2D eigenvalue weighted by molar-refractivity contribution is 14.0. The molecular weight excluding hydrogens is 523 g/mol. The zero-order valence-corrected chi connectivity index (χ0v) is 22.5. The lowest BCUT2D eigenvalue weighted by molar-refractivity contribution is 0.0169. The van der Waals surface area contributed by atoms with Crippen LogP contribution in [0.15, 0.2) is 23.2 Å². The molecule has 0 aromatic heterocycles. The van der Waals surface area contributed by atoms with Crippen molar-refractivity contribution in [2.24, 2.45) is 10.9 Å². The van der Waals surface area contributed by atoms with Gasteiger partial charge in [0.1, 0.15) is 0 Å². The number of hydrogen-bond donors (Lipinski definition) is 2. The Kier molecular flexibility index (Phi) is 14.7. The van der Waals surface area contributed by atoms with Crippen LogP contribution in [0.2, 0.25) is 0 Å². The maximum absolute atomic E-state index is 5.65. The van der Waals surface area contributed by atoms with Gasteiger partial charge in [-0.3, -0.25) is 9.89 Å². The van der Waals surface area contributed by atoms with E-state index in [9.17, 15) is 0 Å². The van der Waals surface area contributed by atoms with Crippen LogP contribution < -0.4 is 20.1 Å². The van der Waals surface area contributed by atoms with Gasteiger partial charge in [-0.25, -0.2) is 0 Å². The topological polar surface area (TPSA) is 76.6 Å². The lowest BCUT2D eigenvalue weighted by atomic mass is 10.0. The summed E-state index contributed by atoms with van der Waals surface area (Å²) >= 11 is 0. The smallest absolute Gasteiger partial charge is 0.191 e. The highest BCUT2D eigenvalue weighted by atomic mass is 127. The first-order chi connectivity index (χ1) is 15.1. The fraction of sp³-hybridized carbons (Fsp3) is 0.696. The molecule has 1 unspecified atom stereocenters. The summed E-state index contributed by atoms with van der Waals surface area (Å²) in [6.07, 6.45) is 0.940. The average molecular weight is 565 g/mol. The normalized spacial score (nSPS) is 15.8. The molecule has 2 rings (SSSR count). The molecule has 8 nitrogen and oxygen atoms in total. The SMILES string of the molecule is CN=C(NCCCOCC(C)C)NCC(c1ccc(OC)c(OC)c1)N1CCOCC1.I. The number of aliphatic imine (C=N–C) groups is 1. The van der Waals surface area contributed by atoms with Crippen molar-refractivity contribution in [3.8, 4) is 11.5 Å². The minimum atomic E-state index is 0. The summed E-state index contributed by atoms with van der Waals surface area (Å²) in [5.74, 6) is 2.83. The number of benzene rings is 1. The van der Waals surface area contributed by atoms with Crippen LogP contribution in [-0.2, 0) is 9.47 Å². The summed E-state index contributed by atoms with van der Waals surface area (Å²) < 4.78 is 22.1. The first-order valence-corrected chi connectivity index (χ1v) is 11.1. The molecule has 1 fully saturated rings. The molecule has 1 aromatic rings. The average Bonchev–Trinajstić information content (AvgIpc) is 2.80. The standard InChI is InChI=1S/C23H40N4O4.HI/c1-18(2)17-31-12-6-9-25-23(24-3)26-16-20(27-10-13-30-14-11-27)19-7-8-21(28-4)22(15-19)29-5;/h7-8,15,18,20H,6,9-14,16-17H2,1-5H3,(H2,24,25,26);1H. The van der Waals surface area contributed by atoms with Crippen LogP contribution in [0, 0.1) is 5.92 Å². The van der Waals surface area contributed by atoms with Crippen LogP contribution in [0.5, 0.6) is 11.5 Å². The van der Waals surface area contributed by atoms with E-state index in [0.29, 0.717) is 5.92 Å². The van der Waals surface area contributed by atoms with Crippen LogP contribution in [-0.4, -0.2) is 84.7 Å². The molecular formula is C23H41IN4O4. The summed E-state index contributed by atoms with van der Waals surface area (Å²) in [5, 5.41) is 6.86. The zero-order chi connectivity index (χ0) is 22.5. The summed E-state index contributed by atoms with van der Waals surface area (Å²) in [5.41, 5.74) is 1.17. The highest BCUT2D eigenvalue weighted by Crippen LogP contribution is 2.32. The van der Waals surface area contributed by atoms with Gasteiger partial charge in [-0.05, 0) is 30.0 Å². The van der Waals surface area contributed by atoms with Crippen molar-refractivity contribution in [2.75, 3.05) is 73.9 Å². The van der Waals surface area contributed by atoms with Crippen molar-refractivity contribution >= 4 is 29.9 Å². The van der Waals surface area contributed by atoms with E-state index in [4.69, 9.17) is 18.9 Å². The number of halogens is 1. The molecule has 0 aliphatic carbocycles. The molecule has 1 heterocycles. The van der Waals surface area contributed by atoms with Crippen LogP contribution in [0.25, 0.3) is 0 Å². The Labute approximate surface area is 210 Å². The van der Waals surface area contributed by atoms with E-state index in [1.165, 1.54) is 5.56 Å². The van der Waals surface area contributed by atoms with Crippen molar-refractivity contribution in [3.05, 3.63) is 23.8 Å². The number of hydrogen-bond acceptors (Lipinski definition) is 6. The molecule has 0 saturated carbocycles. The molecule has 1 aromatic carbocycles. The van der Waals surface area contributed by atoms with Crippen LogP contribution in [0.4, 0.5) is 0 Å². The van der Waals surface area contributed by atoms with Gasteiger partial charge in [-0.2, -0.15) is 0 Å². The van der Waals surface area contributed by atoms with Gasteiger partial charge in [0.15, 0.2) is 17.5 Å². The molecule has 1 saturated heterocycles. The molecule has 0 spiro atoms. The van der Waals surface area contributed by atoms with Crippen molar-refractivity contribution in [3.63, 3.8) is 0 Å². The van der Waals surface area contributed by atoms with Crippen molar-refractivity contribution in [1.29, 1.82) is 0 Å². The van der Waals surface area contributed by atoms with Crippen LogP contribution in [0.3, 0.4) is 0 Å². The quantitative estimate of drug-likeness (QED) is 0.175. The van der Waals surface area contributed by atoms with E-state index in [1.807, 2.05) is 6.07 Å². The first-order valence-electron chi connectivity index (χ1n) is 11.1. The van der Waals surface area contributed by atoms with E-state index in [2.05, 4.69) is 46.5 Å². The monoisotopic (exact) mass is 564 g/mol. The van der Waals surface area contributed by atoms with Gasteiger partial charge in [0.25, 0.3) is 0 Å². The maximum Gasteiger partial charge on any atom is 0.191 e. The van der Waals surface area contributed by atoms with Crippen molar-refractivity contribution in [1.82, 2.24) is 15.5 Å². The van der Waals surface area contributed by atoms with E-state index < -0.39 is 0 Å². The third-order valence-corrected chi connectivity index (χ3v) is 5.17. The summed E-state index contributed by atoms with van der Waals surface area (Å²) in [7, 11) is 5.12. The van der Waals surface area contributed by atoms with E-state index in [0.717, 1.165) is 76.5 Å². The summed E-state index contributed by atoms with van der Waals surface area (Å²) in [4.78, 5) is 6.81. The molecule has 9 heteroatoms. The molecule has 0 radical (unpaired) electrons. The van der Waals surface area contributed by atoms with Gasteiger partial charge in [-0.15, -0.1) is 24.0 Å². The number of guanidine groups is 1. The fourth-order valence-corrected chi connectivity index (χ4v) is 3.52. The third kappa shape index (κ3) is 9.68.